The van der Waals surface area contributed by atoms with Crippen LogP contribution in [0.3, 0.4) is 0 Å². The van der Waals surface area contributed by atoms with Crippen LogP contribution in [0.2, 0.25) is 0 Å². The third-order valence-electron chi connectivity index (χ3n) is 6.04. The standard InChI is InChI=1S/C20H31N3O/c1-20(21)13-7-6-10-18(20)19(24)23-14-11-17(12-15-23)22(2)16-8-4-3-5-9-16/h3-5,8-9,17-18H,6-7,10-15,21H2,1-2H3. The Balaban J connectivity index is 1.58. The van der Waals surface area contributed by atoms with E-state index >= 15 is 0 Å². The first-order chi connectivity index (χ1) is 11.5. The van der Waals surface area contributed by atoms with E-state index < -0.39 is 0 Å². The van der Waals surface area contributed by atoms with E-state index in [1.807, 2.05) is 6.07 Å². The highest BCUT2D eigenvalue weighted by Crippen LogP contribution is 2.34. The molecular formula is C20H31N3O. The number of anilines is 1. The van der Waals surface area contributed by atoms with E-state index in [1.165, 1.54) is 5.69 Å². The zero-order chi connectivity index (χ0) is 17.2. The average Bonchev–Trinajstić information content (AvgIpc) is 2.61. The molecule has 1 aromatic carbocycles. The van der Waals surface area contributed by atoms with Gasteiger partial charge in [0.2, 0.25) is 5.91 Å². The van der Waals surface area contributed by atoms with Crippen LogP contribution in [0.25, 0.3) is 0 Å². The Bertz CT molecular complexity index is 549. The molecule has 1 saturated heterocycles. The van der Waals surface area contributed by atoms with E-state index in [0.29, 0.717) is 11.9 Å². The highest BCUT2D eigenvalue weighted by Gasteiger charge is 2.40. The Morgan fingerprint density at radius 2 is 1.83 bits per heavy atom. The van der Waals surface area contributed by atoms with Gasteiger partial charge in [-0.2, -0.15) is 0 Å². The topological polar surface area (TPSA) is 49.6 Å². The van der Waals surface area contributed by atoms with Crippen molar-refractivity contribution in [3.63, 3.8) is 0 Å². The minimum Gasteiger partial charge on any atom is -0.371 e. The lowest BCUT2D eigenvalue weighted by Crippen LogP contribution is -2.55. The van der Waals surface area contributed by atoms with E-state index in [9.17, 15) is 4.79 Å². The van der Waals surface area contributed by atoms with Gasteiger partial charge >= 0.3 is 0 Å². The van der Waals surface area contributed by atoms with Gasteiger partial charge < -0.3 is 15.5 Å². The molecule has 2 aliphatic rings. The van der Waals surface area contributed by atoms with Gasteiger partial charge in [0.1, 0.15) is 0 Å². The summed E-state index contributed by atoms with van der Waals surface area (Å²) in [6.45, 7) is 3.77. The molecule has 132 valence electrons. The van der Waals surface area contributed by atoms with Gasteiger partial charge in [-0.05, 0) is 44.7 Å². The number of likely N-dealkylation sites (tertiary alicyclic amines) is 1. The molecule has 0 bridgehead atoms. The summed E-state index contributed by atoms with van der Waals surface area (Å²) in [5.74, 6) is 0.301. The van der Waals surface area contributed by atoms with Crippen LogP contribution in [0.1, 0.15) is 45.4 Å². The van der Waals surface area contributed by atoms with Crippen molar-refractivity contribution in [2.45, 2.75) is 57.0 Å². The number of carbonyl (C=O) groups is 1. The predicted octanol–water partition coefficient (Wildman–Crippen LogP) is 3.02. The maximum atomic E-state index is 12.9. The van der Waals surface area contributed by atoms with E-state index in [-0.39, 0.29) is 11.5 Å². The number of hydrogen-bond donors (Lipinski definition) is 1. The van der Waals surface area contributed by atoms with Gasteiger partial charge in [0.25, 0.3) is 0 Å². The molecule has 1 aliphatic heterocycles. The number of piperidine rings is 1. The maximum absolute atomic E-state index is 12.9. The quantitative estimate of drug-likeness (QED) is 0.927. The molecule has 2 atom stereocenters. The number of hydrogen-bond acceptors (Lipinski definition) is 3. The number of benzene rings is 1. The fraction of sp³-hybridized carbons (Fsp3) is 0.650. The Morgan fingerprint density at radius 3 is 2.46 bits per heavy atom. The Hall–Kier alpha value is -1.55. The van der Waals surface area contributed by atoms with Gasteiger partial charge in [-0.1, -0.05) is 31.0 Å². The molecular weight excluding hydrogens is 298 g/mol. The summed E-state index contributed by atoms with van der Waals surface area (Å²) >= 11 is 0. The number of nitrogens with two attached hydrogens (primary N) is 1. The van der Waals surface area contributed by atoms with Crippen molar-refractivity contribution in [1.82, 2.24) is 4.90 Å². The highest BCUT2D eigenvalue weighted by atomic mass is 16.2. The Labute approximate surface area is 146 Å². The highest BCUT2D eigenvalue weighted by molar-refractivity contribution is 5.80. The SMILES string of the molecule is CN(c1ccccc1)C1CCN(C(=O)C2CCCCC2(C)N)CC1. The Morgan fingerprint density at radius 1 is 1.17 bits per heavy atom. The summed E-state index contributed by atoms with van der Waals surface area (Å²) in [4.78, 5) is 17.4. The molecule has 1 heterocycles. The van der Waals surface area contributed by atoms with Crippen molar-refractivity contribution >= 4 is 11.6 Å². The van der Waals surface area contributed by atoms with Crippen LogP contribution in [-0.2, 0) is 4.79 Å². The van der Waals surface area contributed by atoms with Crippen molar-refractivity contribution in [3.8, 4) is 0 Å². The van der Waals surface area contributed by atoms with Gasteiger partial charge in [0.15, 0.2) is 0 Å². The molecule has 4 heteroatoms. The van der Waals surface area contributed by atoms with Crippen LogP contribution in [0.5, 0.6) is 0 Å². The fourth-order valence-electron chi connectivity index (χ4n) is 4.33. The maximum Gasteiger partial charge on any atom is 0.227 e. The summed E-state index contributed by atoms with van der Waals surface area (Å²) in [6, 6.07) is 11.0. The summed E-state index contributed by atoms with van der Waals surface area (Å²) in [7, 11) is 2.16. The molecule has 2 N–H and O–H groups in total. The molecule has 1 amide bonds. The van der Waals surface area contributed by atoms with E-state index in [0.717, 1.165) is 51.6 Å². The van der Waals surface area contributed by atoms with Crippen molar-refractivity contribution in [2.24, 2.45) is 11.7 Å². The lowest BCUT2D eigenvalue weighted by atomic mass is 9.74. The minimum absolute atomic E-state index is 0.00894. The van der Waals surface area contributed by atoms with Crippen LogP contribution in [-0.4, -0.2) is 42.5 Å². The molecule has 1 saturated carbocycles. The van der Waals surface area contributed by atoms with Gasteiger partial charge in [0.05, 0.1) is 5.92 Å². The van der Waals surface area contributed by atoms with Crippen LogP contribution >= 0.6 is 0 Å². The molecule has 1 aromatic rings. The first kappa shape index (κ1) is 17.3. The third-order valence-corrected chi connectivity index (χ3v) is 6.04. The molecule has 3 rings (SSSR count). The van der Waals surface area contributed by atoms with E-state index in [1.54, 1.807) is 0 Å². The second kappa shape index (κ2) is 7.14. The lowest BCUT2D eigenvalue weighted by molar-refractivity contribution is -0.140. The molecule has 24 heavy (non-hydrogen) atoms. The smallest absolute Gasteiger partial charge is 0.227 e. The first-order valence-electron chi connectivity index (χ1n) is 9.34. The van der Waals surface area contributed by atoms with Gasteiger partial charge in [0, 0.05) is 37.4 Å². The molecule has 0 aromatic heterocycles. The van der Waals surface area contributed by atoms with Gasteiger partial charge in [-0.3, -0.25) is 4.79 Å². The third kappa shape index (κ3) is 3.59. The van der Waals surface area contributed by atoms with E-state index in [4.69, 9.17) is 5.73 Å². The lowest BCUT2D eigenvalue weighted by Gasteiger charge is -2.43. The van der Waals surface area contributed by atoms with Gasteiger partial charge in [-0.25, -0.2) is 0 Å². The monoisotopic (exact) mass is 329 g/mol. The molecule has 1 aliphatic carbocycles. The summed E-state index contributed by atoms with van der Waals surface area (Å²) in [5, 5.41) is 0. The number of para-hydroxylation sites is 1. The summed E-state index contributed by atoms with van der Waals surface area (Å²) in [6.07, 6.45) is 6.28. The zero-order valence-electron chi connectivity index (χ0n) is 15.1. The number of nitrogens with zero attached hydrogens (tertiary/aromatic N) is 2. The van der Waals surface area contributed by atoms with Crippen LogP contribution in [0, 0.1) is 5.92 Å². The van der Waals surface area contributed by atoms with Gasteiger partial charge in [-0.15, -0.1) is 0 Å². The van der Waals surface area contributed by atoms with E-state index in [2.05, 4.69) is 48.0 Å². The number of rotatable bonds is 3. The van der Waals surface area contributed by atoms with Crippen LogP contribution < -0.4 is 10.6 Å². The summed E-state index contributed by atoms with van der Waals surface area (Å²) in [5.41, 5.74) is 7.35. The number of amides is 1. The second-order valence-electron chi connectivity index (χ2n) is 7.81. The molecule has 2 fully saturated rings. The van der Waals surface area contributed by atoms with Crippen molar-refractivity contribution < 1.29 is 4.79 Å². The van der Waals surface area contributed by atoms with Crippen molar-refractivity contribution in [1.29, 1.82) is 0 Å². The predicted molar refractivity (Wildman–Crippen MR) is 99.0 cm³/mol. The first-order valence-corrected chi connectivity index (χ1v) is 9.34. The average molecular weight is 329 g/mol. The second-order valence-corrected chi connectivity index (χ2v) is 7.81. The number of carbonyl (C=O) groups excluding carboxylic acids is 1. The molecule has 0 spiro atoms. The molecule has 2 unspecified atom stereocenters. The normalized spacial score (nSPS) is 28.6. The van der Waals surface area contributed by atoms with Crippen molar-refractivity contribution in [3.05, 3.63) is 30.3 Å². The zero-order valence-corrected chi connectivity index (χ0v) is 15.1. The largest absolute Gasteiger partial charge is 0.371 e. The summed E-state index contributed by atoms with van der Waals surface area (Å²) < 4.78 is 0. The Kier molecular flexibility index (Phi) is 5.14. The van der Waals surface area contributed by atoms with Crippen molar-refractivity contribution in [2.75, 3.05) is 25.0 Å². The molecule has 0 radical (unpaired) electrons. The molecule has 4 nitrogen and oxygen atoms in total. The fourth-order valence-corrected chi connectivity index (χ4v) is 4.33. The van der Waals surface area contributed by atoms with Crippen LogP contribution in [0.4, 0.5) is 5.69 Å². The minimum atomic E-state index is -0.326. The van der Waals surface area contributed by atoms with Crippen LogP contribution in [0.15, 0.2) is 30.3 Å².